The van der Waals surface area contributed by atoms with Gasteiger partial charge in [-0.1, -0.05) is 0 Å². The molecule has 2 heterocycles. The van der Waals surface area contributed by atoms with Gasteiger partial charge in [-0.15, -0.1) is 0 Å². The molecule has 0 saturated carbocycles. The molecular weight excluding hydrogens is 443 g/mol. The molecule has 20 heavy (non-hydrogen) atoms. The van der Waals surface area contributed by atoms with E-state index >= 15 is 0 Å². The quantitative estimate of drug-likeness (QED) is 0.519. The summed E-state index contributed by atoms with van der Waals surface area (Å²) >= 11 is 1.23. The molecule has 0 amide bonds. The molecule has 0 aliphatic heterocycles. The van der Waals surface area contributed by atoms with Gasteiger partial charge in [0, 0.05) is 0 Å². The normalized spacial score (nSPS) is 11.4. The van der Waals surface area contributed by atoms with E-state index in [-0.39, 0.29) is 0 Å². The molecular formula is C16H19BiN3+. The van der Waals surface area contributed by atoms with E-state index in [1.807, 2.05) is 0 Å². The number of imidazole rings is 1. The van der Waals surface area contributed by atoms with Crippen LogP contribution in [0.25, 0.3) is 22.4 Å². The van der Waals surface area contributed by atoms with Crippen LogP contribution in [0.2, 0.25) is 0 Å². The van der Waals surface area contributed by atoms with Crippen LogP contribution in [0.1, 0.15) is 18.2 Å². The summed E-state index contributed by atoms with van der Waals surface area (Å²) in [7, 11) is 4.34. The Bertz CT molecular complexity index is 796. The Morgan fingerprint density at radius 2 is 1.95 bits per heavy atom. The second kappa shape index (κ2) is 5.00. The topological polar surface area (TPSA) is 13.7 Å². The number of benzene rings is 1. The zero-order valence-electron chi connectivity index (χ0n) is 12.4. The Hall–Kier alpha value is -1.15. The maximum atomic E-state index is 2.34. The Kier molecular flexibility index (Phi) is 3.45. The summed E-state index contributed by atoms with van der Waals surface area (Å²) < 4.78 is 6.98. The summed E-state index contributed by atoms with van der Waals surface area (Å²) in [4.78, 5) is 0. The SMILES string of the molecule is CCc1c[n+]([Bi])c(-c2cc3cccc(C)c3n2C)n1C. The van der Waals surface area contributed by atoms with Crippen molar-refractivity contribution in [3.05, 3.63) is 41.7 Å². The first-order valence-electron chi connectivity index (χ1n) is 6.89. The Labute approximate surface area is 135 Å². The summed E-state index contributed by atoms with van der Waals surface area (Å²) in [6, 6.07) is 8.82. The summed E-state index contributed by atoms with van der Waals surface area (Å²) in [5.41, 5.74) is 5.34. The molecule has 0 fully saturated rings. The van der Waals surface area contributed by atoms with Gasteiger partial charge in [-0.25, -0.2) is 0 Å². The van der Waals surface area contributed by atoms with Crippen molar-refractivity contribution >= 4 is 35.9 Å². The van der Waals surface area contributed by atoms with E-state index in [4.69, 9.17) is 0 Å². The molecule has 3 rings (SSSR count). The minimum atomic E-state index is 1.07. The molecule has 2 aromatic heterocycles. The van der Waals surface area contributed by atoms with Crippen LogP contribution in [0.3, 0.4) is 0 Å². The number of para-hydroxylation sites is 1. The molecule has 3 nitrogen and oxygen atoms in total. The molecule has 0 atom stereocenters. The molecule has 3 aromatic rings. The average Bonchev–Trinajstić information content (AvgIpc) is 2.88. The third kappa shape index (κ3) is 1.93. The van der Waals surface area contributed by atoms with E-state index in [0.29, 0.717) is 0 Å². The van der Waals surface area contributed by atoms with Crippen LogP contribution in [0.5, 0.6) is 0 Å². The number of nitrogens with zero attached hydrogens (tertiary/aromatic N) is 3. The average molecular weight is 462 g/mol. The van der Waals surface area contributed by atoms with Gasteiger partial charge in [0.2, 0.25) is 0 Å². The third-order valence-corrected chi connectivity index (χ3v) is 5.27. The van der Waals surface area contributed by atoms with Gasteiger partial charge in [0.25, 0.3) is 0 Å². The van der Waals surface area contributed by atoms with Crippen molar-refractivity contribution in [3.8, 4) is 11.5 Å². The van der Waals surface area contributed by atoms with Crippen LogP contribution >= 0.6 is 0 Å². The van der Waals surface area contributed by atoms with Crippen molar-refractivity contribution < 1.29 is 2.51 Å². The van der Waals surface area contributed by atoms with E-state index in [0.717, 1.165) is 6.42 Å². The molecule has 0 bridgehead atoms. The fourth-order valence-corrected chi connectivity index (χ4v) is 4.47. The standard InChI is InChI=1S/C16H19N3.Bi/c1-5-13-10-17-16(18(13)3)14-9-12-8-6-7-11(2)15(12)19(14)4;/h6-10H,5H2,1-4H3;/q;+1. The predicted molar refractivity (Wildman–Crippen MR) is 82.8 cm³/mol. The fourth-order valence-electron chi connectivity index (χ4n) is 3.03. The van der Waals surface area contributed by atoms with Crippen molar-refractivity contribution in [2.45, 2.75) is 20.3 Å². The first-order valence-corrected chi connectivity index (χ1v) is 8.45. The van der Waals surface area contributed by atoms with Crippen molar-refractivity contribution in [1.82, 2.24) is 9.13 Å². The molecule has 4 heteroatoms. The Morgan fingerprint density at radius 3 is 2.55 bits per heavy atom. The molecule has 0 aliphatic rings. The molecule has 0 N–H and O–H groups in total. The number of aromatic nitrogens is 3. The van der Waals surface area contributed by atoms with Gasteiger partial charge in [0.05, 0.1) is 0 Å². The van der Waals surface area contributed by atoms with E-state index in [1.54, 1.807) is 0 Å². The molecule has 0 spiro atoms. The van der Waals surface area contributed by atoms with Gasteiger partial charge >= 0.3 is 135 Å². The minimum absolute atomic E-state index is 1.07. The maximum absolute atomic E-state index is 2.34. The second-order valence-corrected chi connectivity index (χ2v) is 6.98. The summed E-state index contributed by atoms with van der Waals surface area (Å²) in [5.74, 6) is 1.30. The molecule has 102 valence electrons. The van der Waals surface area contributed by atoms with Crippen molar-refractivity contribution in [3.63, 3.8) is 0 Å². The van der Waals surface area contributed by atoms with E-state index < -0.39 is 0 Å². The van der Waals surface area contributed by atoms with Gasteiger partial charge in [-0.05, 0) is 0 Å². The first kappa shape index (κ1) is 13.8. The monoisotopic (exact) mass is 462 g/mol. The number of rotatable bonds is 2. The van der Waals surface area contributed by atoms with Crippen LogP contribution in [0.4, 0.5) is 0 Å². The van der Waals surface area contributed by atoms with Crippen LogP contribution < -0.4 is 2.51 Å². The van der Waals surface area contributed by atoms with Crippen LogP contribution in [-0.4, -0.2) is 34.1 Å². The predicted octanol–water partition coefficient (Wildman–Crippen LogP) is 2.27. The van der Waals surface area contributed by atoms with Crippen molar-refractivity contribution in [1.29, 1.82) is 0 Å². The number of aryl methyl sites for hydroxylation is 3. The van der Waals surface area contributed by atoms with Gasteiger partial charge in [0.15, 0.2) is 0 Å². The van der Waals surface area contributed by atoms with Gasteiger partial charge in [0.1, 0.15) is 0 Å². The molecule has 1 aromatic carbocycles. The summed E-state index contributed by atoms with van der Waals surface area (Å²) in [6.45, 7) is 4.39. The molecule has 0 aliphatic carbocycles. The Morgan fingerprint density at radius 1 is 1.20 bits per heavy atom. The summed E-state index contributed by atoms with van der Waals surface area (Å²) in [5, 5.41) is 1.32. The number of fused-ring (bicyclic) bond motifs is 1. The van der Waals surface area contributed by atoms with E-state index in [9.17, 15) is 0 Å². The van der Waals surface area contributed by atoms with Gasteiger partial charge < -0.3 is 0 Å². The van der Waals surface area contributed by atoms with Crippen LogP contribution in [0.15, 0.2) is 30.5 Å². The number of hydrogen-bond acceptors (Lipinski definition) is 0. The van der Waals surface area contributed by atoms with E-state index in [1.165, 1.54) is 58.7 Å². The zero-order valence-corrected chi connectivity index (χ0v) is 15.9. The van der Waals surface area contributed by atoms with Gasteiger partial charge in [-0.3, -0.25) is 0 Å². The van der Waals surface area contributed by atoms with Gasteiger partial charge in [-0.2, -0.15) is 0 Å². The number of hydrogen-bond donors (Lipinski definition) is 0. The zero-order chi connectivity index (χ0) is 14.4. The Balaban J connectivity index is 2.33. The van der Waals surface area contributed by atoms with Crippen molar-refractivity contribution in [2.75, 3.05) is 0 Å². The molecule has 0 saturated heterocycles. The first-order chi connectivity index (χ1) is 9.54. The summed E-state index contributed by atoms with van der Waals surface area (Å²) in [6.07, 6.45) is 3.34. The van der Waals surface area contributed by atoms with Crippen LogP contribution in [0, 0.1) is 6.92 Å². The van der Waals surface area contributed by atoms with Crippen molar-refractivity contribution in [2.24, 2.45) is 14.1 Å². The fraction of sp³-hybridized carbons (Fsp3) is 0.312. The second-order valence-electron chi connectivity index (χ2n) is 5.30. The van der Waals surface area contributed by atoms with Crippen LogP contribution in [-0.2, 0) is 20.5 Å². The molecule has 2 radical (unpaired) electrons. The van der Waals surface area contributed by atoms with E-state index in [2.05, 4.69) is 70.1 Å². The molecule has 0 unspecified atom stereocenters. The third-order valence-electron chi connectivity index (χ3n) is 4.09.